The van der Waals surface area contributed by atoms with Gasteiger partial charge in [-0.2, -0.15) is 0 Å². The summed E-state index contributed by atoms with van der Waals surface area (Å²) in [7, 11) is -1.40. The van der Waals surface area contributed by atoms with E-state index in [1.165, 1.54) is 13.0 Å². The van der Waals surface area contributed by atoms with E-state index in [4.69, 9.17) is 14.1 Å². The molecule has 12 heteroatoms. The van der Waals surface area contributed by atoms with Gasteiger partial charge >= 0.3 is 19.2 Å². The number of halogens is 1. The van der Waals surface area contributed by atoms with Crippen molar-refractivity contribution in [2.24, 2.45) is 0 Å². The molecule has 0 aliphatic carbocycles. The van der Waals surface area contributed by atoms with Crippen LogP contribution in [0.1, 0.15) is 42.1 Å². The number of ether oxygens (including phenoxy) is 3. The van der Waals surface area contributed by atoms with Gasteiger partial charge < -0.3 is 34.0 Å². The molecular weight excluding hydrogens is 524 g/mol. The number of para-hydroxylation sites is 1. The molecule has 1 atom stereocenters. The maximum atomic E-state index is 12.4. The first-order chi connectivity index (χ1) is 14.8. The summed E-state index contributed by atoms with van der Waals surface area (Å²) in [5.74, 6) is -1.92. The van der Waals surface area contributed by atoms with E-state index in [2.05, 4.69) is 32.6 Å². The normalized spacial score (nSPS) is 14.7. The van der Waals surface area contributed by atoms with Crippen molar-refractivity contribution in [3.8, 4) is 5.75 Å². The number of rotatable bonds is 10. The van der Waals surface area contributed by atoms with E-state index >= 15 is 0 Å². The third kappa shape index (κ3) is 8.01. The van der Waals surface area contributed by atoms with E-state index in [0.29, 0.717) is 12.0 Å². The second kappa shape index (κ2) is 12.5. The molecule has 1 aromatic carbocycles. The molecule has 0 saturated carbocycles. The molecule has 0 aromatic heterocycles. The van der Waals surface area contributed by atoms with Crippen LogP contribution in [0.2, 0.25) is 0 Å². The van der Waals surface area contributed by atoms with Crippen LogP contribution in [0, 0.1) is 0 Å². The maximum absolute atomic E-state index is 12.4. The summed E-state index contributed by atoms with van der Waals surface area (Å²) in [4.78, 5) is 46.7. The maximum Gasteiger partial charge on any atom is 0.547 e. The third-order valence-electron chi connectivity index (χ3n) is 4.25. The van der Waals surface area contributed by atoms with Gasteiger partial charge in [-0.3, -0.25) is 4.79 Å². The van der Waals surface area contributed by atoms with Crippen molar-refractivity contribution in [3.63, 3.8) is 0 Å². The highest BCUT2D eigenvalue weighted by Gasteiger charge is 2.37. The molecule has 0 bridgehead atoms. The number of nitrogens with one attached hydrogen (secondary N) is 1. The van der Waals surface area contributed by atoms with Gasteiger partial charge in [-0.15, -0.1) is 0 Å². The molecule has 1 aromatic rings. The Morgan fingerprint density at radius 1 is 1.23 bits per heavy atom. The van der Waals surface area contributed by atoms with Crippen LogP contribution in [0.4, 0.5) is 4.79 Å². The first kappa shape index (κ1) is 24.9. The van der Waals surface area contributed by atoms with E-state index in [9.17, 15) is 24.2 Å². The summed E-state index contributed by atoms with van der Waals surface area (Å²) in [6.07, 6.45) is 0.0728. The standard InChI is InChI=1S/C19H23BINO9/c1-12(23)6-7-16(24)22-15-10-13-4-2-5-14(17(13)31-20(15)27)18(25)29-11-30-19(26)28-9-3-8-21/h2,4-5,15,27H,3,6-11H2,1H3,(H,22,24)/t15-/m0/s1. The van der Waals surface area contributed by atoms with Crippen molar-refractivity contribution in [1.29, 1.82) is 0 Å². The average molecular weight is 547 g/mol. The Hall–Kier alpha value is -2.35. The Morgan fingerprint density at radius 2 is 2.00 bits per heavy atom. The van der Waals surface area contributed by atoms with Gasteiger partial charge in [-0.05, 0) is 31.4 Å². The SMILES string of the molecule is CC(=O)CCC(=O)N[C@H]1Cc2cccc(C(=O)OCOC(=O)OCCCI)c2OB1O. The van der Waals surface area contributed by atoms with Crippen LogP contribution in [-0.4, -0.2) is 59.7 Å². The number of hydrogen-bond acceptors (Lipinski definition) is 9. The Morgan fingerprint density at radius 3 is 2.71 bits per heavy atom. The van der Waals surface area contributed by atoms with Gasteiger partial charge in [0.15, 0.2) is 0 Å². The predicted octanol–water partition coefficient (Wildman–Crippen LogP) is 1.59. The van der Waals surface area contributed by atoms with Crippen LogP contribution < -0.4 is 9.97 Å². The zero-order valence-electron chi connectivity index (χ0n) is 16.9. The minimum atomic E-state index is -1.40. The first-order valence-electron chi connectivity index (χ1n) is 9.60. The predicted molar refractivity (Wildman–Crippen MR) is 117 cm³/mol. The van der Waals surface area contributed by atoms with Crippen molar-refractivity contribution < 1.29 is 43.1 Å². The van der Waals surface area contributed by atoms with E-state index in [1.807, 2.05) is 0 Å². The highest BCUT2D eigenvalue weighted by atomic mass is 127. The second-order valence-electron chi connectivity index (χ2n) is 6.72. The lowest BCUT2D eigenvalue weighted by atomic mass is 9.72. The number of amides is 1. The zero-order valence-corrected chi connectivity index (χ0v) is 19.1. The van der Waals surface area contributed by atoms with Crippen molar-refractivity contribution in [2.75, 3.05) is 17.8 Å². The minimum Gasteiger partial charge on any atom is -0.534 e. The quantitative estimate of drug-likeness (QED) is 0.112. The molecule has 10 nitrogen and oxygen atoms in total. The van der Waals surface area contributed by atoms with Gasteiger partial charge in [-0.1, -0.05) is 34.7 Å². The lowest BCUT2D eigenvalue weighted by molar-refractivity contribution is -0.124. The number of fused-ring (bicyclic) bond motifs is 1. The smallest absolute Gasteiger partial charge is 0.534 e. The molecule has 1 amide bonds. The molecule has 1 heterocycles. The van der Waals surface area contributed by atoms with Crippen molar-refractivity contribution in [3.05, 3.63) is 29.3 Å². The monoisotopic (exact) mass is 547 g/mol. The molecule has 0 spiro atoms. The third-order valence-corrected chi connectivity index (χ3v) is 5.02. The fourth-order valence-corrected chi connectivity index (χ4v) is 3.05. The van der Waals surface area contributed by atoms with E-state index < -0.39 is 32.0 Å². The van der Waals surface area contributed by atoms with E-state index in [1.54, 1.807) is 12.1 Å². The number of Topliss-reactive ketones (excluding diaryl/α,β-unsaturated/α-hetero) is 1. The van der Waals surface area contributed by atoms with Crippen LogP contribution in [0.5, 0.6) is 5.75 Å². The largest absolute Gasteiger partial charge is 0.547 e. The molecular formula is C19H23BINO9. The number of carbonyl (C=O) groups is 4. The van der Waals surface area contributed by atoms with Crippen LogP contribution in [-0.2, 0) is 30.2 Å². The Labute approximate surface area is 193 Å². The van der Waals surface area contributed by atoms with E-state index in [-0.39, 0.29) is 48.9 Å². The van der Waals surface area contributed by atoms with Gasteiger partial charge in [0.25, 0.3) is 0 Å². The molecule has 1 aliphatic heterocycles. The minimum absolute atomic E-state index is 0.0122. The number of carbonyl (C=O) groups excluding carboxylic acids is 4. The first-order valence-corrected chi connectivity index (χ1v) is 11.1. The number of ketones is 1. The fourth-order valence-electron chi connectivity index (χ4n) is 2.74. The lowest BCUT2D eigenvalue weighted by Crippen LogP contribution is -2.53. The fraction of sp³-hybridized carbons (Fsp3) is 0.474. The molecule has 0 saturated heterocycles. The highest BCUT2D eigenvalue weighted by Crippen LogP contribution is 2.30. The average Bonchev–Trinajstić information content (AvgIpc) is 2.72. The van der Waals surface area contributed by atoms with Gasteiger partial charge in [0.2, 0.25) is 12.7 Å². The second-order valence-corrected chi connectivity index (χ2v) is 7.80. The summed E-state index contributed by atoms with van der Waals surface area (Å²) in [6.45, 7) is 0.964. The number of benzene rings is 1. The molecule has 2 N–H and O–H groups in total. The molecule has 31 heavy (non-hydrogen) atoms. The molecule has 0 unspecified atom stereocenters. The van der Waals surface area contributed by atoms with Gasteiger partial charge in [0.05, 0.1) is 12.5 Å². The Bertz CT molecular complexity index is 820. The molecule has 168 valence electrons. The Balaban J connectivity index is 1.93. The van der Waals surface area contributed by atoms with Crippen molar-refractivity contribution >= 4 is 53.5 Å². The van der Waals surface area contributed by atoms with Crippen LogP contribution in [0.25, 0.3) is 0 Å². The number of alkyl halides is 1. The van der Waals surface area contributed by atoms with Crippen LogP contribution >= 0.6 is 22.6 Å². The molecule has 1 aliphatic rings. The highest BCUT2D eigenvalue weighted by molar-refractivity contribution is 14.1. The van der Waals surface area contributed by atoms with Gasteiger partial charge in [-0.25, -0.2) is 9.59 Å². The molecule has 2 rings (SSSR count). The topological polar surface area (TPSA) is 137 Å². The Kier molecular flexibility index (Phi) is 10.0. The number of esters is 1. The lowest BCUT2D eigenvalue weighted by Gasteiger charge is -2.29. The summed E-state index contributed by atoms with van der Waals surface area (Å²) in [6, 6.07) is 4.73. The number of hydrogen-bond donors (Lipinski definition) is 2. The zero-order chi connectivity index (χ0) is 22.8. The summed E-state index contributed by atoms with van der Waals surface area (Å²) in [5, 5.41) is 12.9. The van der Waals surface area contributed by atoms with Crippen LogP contribution in [0.15, 0.2) is 18.2 Å². The molecule has 0 fully saturated rings. The van der Waals surface area contributed by atoms with Gasteiger partial charge in [0, 0.05) is 17.3 Å². The van der Waals surface area contributed by atoms with Gasteiger partial charge in [0.1, 0.15) is 17.1 Å². The van der Waals surface area contributed by atoms with E-state index in [0.717, 1.165) is 4.43 Å². The van der Waals surface area contributed by atoms with Crippen molar-refractivity contribution in [1.82, 2.24) is 5.32 Å². The summed E-state index contributed by atoms with van der Waals surface area (Å²) in [5.41, 5.74) is 0.621. The summed E-state index contributed by atoms with van der Waals surface area (Å²) >= 11 is 2.15. The summed E-state index contributed by atoms with van der Waals surface area (Å²) < 4.78 is 20.7. The van der Waals surface area contributed by atoms with Crippen molar-refractivity contribution in [2.45, 2.75) is 38.5 Å². The molecule has 0 radical (unpaired) electrons. The van der Waals surface area contributed by atoms with Crippen LogP contribution in [0.3, 0.4) is 0 Å².